The highest BCUT2D eigenvalue weighted by Crippen LogP contribution is 2.22. The summed E-state index contributed by atoms with van der Waals surface area (Å²) in [5, 5.41) is 6.10. The molecule has 0 aliphatic carbocycles. The van der Waals surface area contributed by atoms with E-state index in [4.69, 9.17) is 9.88 Å². The maximum atomic E-state index is 11.1. The van der Waals surface area contributed by atoms with Crippen molar-refractivity contribution in [1.29, 1.82) is 0 Å². The molecule has 0 bridgehead atoms. The smallest absolute Gasteiger partial charge is 0.209 e. The van der Waals surface area contributed by atoms with Crippen molar-refractivity contribution in [3.8, 4) is 5.75 Å². The maximum absolute atomic E-state index is 11.1. The van der Waals surface area contributed by atoms with Gasteiger partial charge in [-0.15, -0.1) is 0 Å². The Labute approximate surface area is 118 Å². The fourth-order valence-electron chi connectivity index (χ4n) is 2.00. The molecule has 108 valence electrons. The summed E-state index contributed by atoms with van der Waals surface area (Å²) in [6, 6.07) is 9.44. The third-order valence-corrected chi connectivity index (χ3v) is 3.98. The number of aromatic nitrogens is 1. The van der Waals surface area contributed by atoms with Crippen molar-refractivity contribution in [3.63, 3.8) is 0 Å². The fraction of sp³-hybridized carbons (Fsp3) is 0.357. The molecule has 0 aliphatic rings. The number of hydrogen-bond acceptors (Lipinski definition) is 4. The number of nitrogens with zero attached hydrogens (tertiary/aromatic N) is 1. The average molecular weight is 294 g/mol. The zero-order valence-electron chi connectivity index (χ0n) is 11.5. The summed E-state index contributed by atoms with van der Waals surface area (Å²) in [6.45, 7) is 3.87. The Balaban J connectivity index is 2.09. The molecular formula is C14H18N2O3S. The molecule has 1 aromatic heterocycles. The molecule has 0 aliphatic heterocycles. The molecule has 20 heavy (non-hydrogen) atoms. The third-order valence-electron chi connectivity index (χ3n) is 2.80. The molecule has 2 aromatic rings. The monoisotopic (exact) mass is 294 g/mol. The first-order valence-electron chi connectivity index (χ1n) is 6.23. The van der Waals surface area contributed by atoms with Crippen LogP contribution in [0.1, 0.15) is 13.8 Å². The standard InChI is InChI=1S/C14H18N2O3S/c1-14(2,10-20(15,17)18)9-19-12-6-5-11-4-3-7-16-13(11)8-12/h3-8H,9-10H2,1-2H3,(H2,15,17,18). The number of benzene rings is 1. The van der Waals surface area contributed by atoms with Crippen LogP contribution in [-0.2, 0) is 10.0 Å². The minimum Gasteiger partial charge on any atom is -0.493 e. The van der Waals surface area contributed by atoms with Crippen LogP contribution in [0.2, 0.25) is 0 Å². The minimum absolute atomic E-state index is 0.119. The molecular weight excluding hydrogens is 276 g/mol. The van der Waals surface area contributed by atoms with E-state index in [1.807, 2.05) is 30.3 Å². The number of sulfonamides is 1. The molecule has 2 rings (SSSR count). The lowest BCUT2D eigenvalue weighted by atomic mass is 9.98. The van der Waals surface area contributed by atoms with E-state index in [1.54, 1.807) is 20.0 Å². The van der Waals surface area contributed by atoms with Crippen molar-refractivity contribution in [2.75, 3.05) is 12.4 Å². The second-order valence-electron chi connectivity index (χ2n) is 5.62. The highest BCUT2D eigenvalue weighted by molar-refractivity contribution is 7.89. The Kier molecular flexibility index (Phi) is 3.96. The molecule has 0 saturated carbocycles. The Bertz CT molecular complexity index is 711. The van der Waals surface area contributed by atoms with Gasteiger partial charge in [0.1, 0.15) is 5.75 Å². The zero-order valence-corrected chi connectivity index (χ0v) is 12.4. The molecule has 0 atom stereocenters. The molecule has 6 heteroatoms. The van der Waals surface area contributed by atoms with Crippen LogP contribution in [0.3, 0.4) is 0 Å². The zero-order chi connectivity index (χ0) is 14.8. The number of pyridine rings is 1. The molecule has 2 N–H and O–H groups in total. The maximum Gasteiger partial charge on any atom is 0.209 e. The van der Waals surface area contributed by atoms with Crippen LogP contribution in [0.4, 0.5) is 0 Å². The molecule has 0 saturated heterocycles. The van der Waals surface area contributed by atoms with E-state index in [9.17, 15) is 8.42 Å². The first kappa shape index (κ1) is 14.7. The second kappa shape index (κ2) is 5.38. The Morgan fingerprint density at radius 1 is 1.30 bits per heavy atom. The number of ether oxygens (including phenoxy) is 1. The Morgan fingerprint density at radius 2 is 2.05 bits per heavy atom. The molecule has 0 radical (unpaired) electrons. The van der Waals surface area contributed by atoms with E-state index in [1.165, 1.54) is 0 Å². The van der Waals surface area contributed by atoms with Crippen molar-refractivity contribution in [2.45, 2.75) is 13.8 Å². The van der Waals surface area contributed by atoms with Crippen molar-refractivity contribution in [3.05, 3.63) is 36.5 Å². The Hall–Kier alpha value is -1.66. The lowest BCUT2D eigenvalue weighted by Crippen LogP contribution is -2.33. The molecule has 0 amide bonds. The average Bonchev–Trinajstić information content (AvgIpc) is 2.33. The van der Waals surface area contributed by atoms with Gasteiger partial charge < -0.3 is 4.74 Å². The summed E-state index contributed by atoms with van der Waals surface area (Å²) in [4.78, 5) is 4.25. The molecule has 1 heterocycles. The summed E-state index contributed by atoms with van der Waals surface area (Å²) >= 11 is 0. The van der Waals surface area contributed by atoms with E-state index >= 15 is 0 Å². The van der Waals surface area contributed by atoms with Crippen molar-refractivity contribution < 1.29 is 13.2 Å². The molecule has 1 aromatic carbocycles. The van der Waals surface area contributed by atoms with E-state index in [0.717, 1.165) is 10.9 Å². The van der Waals surface area contributed by atoms with Crippen molar-refractivity contribution in [1.82, 2.24) is 4.98 Å². The fourth-order valence-corrected chi connectivity index (χ4v) is 3.17. The summed E-state index contributed by atoms with van der Waals surface area (Å²) in [5.74, 6) is 0.546. The first-order valence-corrected chi connectivity index (χ1v) is 7.95. The molecule has 0 unspecified atom stereocenters. The van der Waals surface area contributed by atoms with Gasteiger partial charge in [-0.2, -0.15) is 0 Å². The quantitative estimate of drug-likeness (QED) is 0.913. The first-order chi connectivity index (χ1) is 9.25. The van der Waals surface area contributed by atoms with E-state index in [2.05, 4.69) is 4.98 Å². The topological polar surface area (TPSA) is 82.3 Å². The van der Waals surface area contributed by atoms with Crippen molar-refractivity contribution >= 4 is 20.9 Å². The highest BCUT2D eigenvalue weighted by atomic mass is 32.2. The van der Waals surface area contributed by atoms with E-state index in [0.29, 0.717) is 5.75 Å². The van der Waals surface area contributed by atoms with Gasteiger partial charge in [-0.1, -0.05) is 19.9 Å². The van der Waals surface area contributed by atoms with Crippen LogP contribution in [0, 0.1) is 5.41 Å². The van der Waals surface area contributed by atoms with Gasteiger partial charge in [-0.3, -0.25) is 4.98 Å². The minimum atomic E-state index is -3.51. The molecule has 0 fully saturated rings. The lowest BCUT2D eigenvalue weighted by molar-refractivity contribution is 0.200. The van der Waals surface area contributed by atoms with E-state index in [-0.39, 0.29) is 12.4 Å². The van der Waals surface area contributed by atoms with Crippen LogP contribution in [-0.4, -0.2) is 25.8 Å². The predicted octanol–water partition coefficient (Wildman–Crippen LogP) is 1.93. The summed E-state index contributed by atoms with van der Waals surface area (Å²) in [6.07, 6.45) is 1.72. The molecule has 0 spiro atoms. The highest BCUT2D eigenvalue weighted by Gasteiger charge is 2.25. The van der Waals surface area contributed by atoms with Crippen LogP contribution in [0.15, 0.2) is 36.5 Å². The largest absolute Gasteiger partial charge is 0.493 e. The number of nitrogens with two attached hydrogens (primary N) is 1. The molecule has 5 nitrogen and oxygen atoms in total. The normalized spacial score (nSPS) is 12.6. The van der Waals surface area contributed by atoms with Gasteiger partial charge >= 0.3 is 0 Å². The van der Waals surface area contributed by atoms with Gasteiger partial charge in [0.05, 0.1) is 17.9 Å². The number of fused-ring (bicyclic) bond motifs is 1. The SMILES string of the molecule is CC(C)(COc1ccc2cccnc2c1)CS(N)(=O)=O. The van der Waals surface area contributed by atoms with Gasteiger partial charge in [0.25, 0.3) is 0 Å². The van der Waals surface area contributed by atoms with Crippen LogP contribution in [0.25, 0.3) is 10.9 Å². The second-order valence-corrected chi connectivity index (χ2v) is 7.23. The summed E-state index contributed by atoms with van der Waals surface area (Å²) in [5.41, 5.74) is 0.293. The Morgan fingerprint density at radius 3 is 2.75 bits per heavy atom. The van der Waals surface area contributed by atoms with Crippen LogP contribution in [0.5, 0.6) is 5.75 Å². The van der Waals surface area contributed by atoms with Gasteiger partial charge in [0, 0.05) is 23.1 Å². The van der Waals surface area contributed by atoms with Crippen LogP contribution < -0.4 is 9.88 Å². The van der Waals surface area contributed by atoms with Gasteiger partial charge in [0.2, 0.25) is 10.0 Å². The van der Waals surface area contributed by atoms with E-state index < -0.39 is 15.4 Å². The summed E-state index contributed by atoms with van der Waals surface area (Å²) < 4.78 is 28.0. The number of rotatable bonds is 5. The van der Waals surface area contributed by atoms with Crippen molar-refractivity contribution in [2.24, 2.45) is 10.6 Å². The summed E-state index contributed by atoms with van der Waals surface area (Å²) in [7, 11) is -3.51. The lowest BCUT2D eigenvalue weighted by Gasteiger charge is -2.23. The number of primary sulfonamides is 1. The van der Waals surface area contributed by atoms with Crippen LogP contribution >= 0.6 is 0 Å². The van der Waals surface area contributed by atoms with Gasteiger partial charge in [-0.05, 0) is 18.2 Å². The predicted molar refractivity (Wildman–Crippen MR) is 79.0 cm³/mol. The van der Waals surface area contributed by atoms with Gasteiger partial charge in [-0.25, -0.2) is 13.6 Å². The number of hydrogen-bond donors (Lipinski definition) is 1. The third kappa shape index (κ3) is 4.18. The van der Waals surface area contributed by atoms with Gasteiger partial charge in [0.15, 0.2) is 0 Å².